The summed E-state index contributed by atoms with van der Waals surface area (Å²) in [5.74, 6) is 2.17. The van der Waals surface area contributed by atoms with Crippen molar-refractivity contribution in [1.82, 2.24) is 19.9 Å². The molecule has 5 aromatic rings. The minimum atomic E-state index is 0.639. The molecule has 6 nitrogen and oxygen atoms in total. The summed E-state index contributed by atoms with van der Waals surface area (Å²) in [5, 5.41) is 3.32. The van der Waals surface area contributed by atoms with E-state index in [0.29, 0.717) is 5.95 Å². The number of ether oxygens (including phenoxy) is 1. The first-order chi connectivity index (χ1) is 14.2. The van der Waals surface area contributed by atoms with Gasteiger partial charge in [-0.15, -0.1) is 0 Å². The van der Waals surface area contributed by atoms with Gasteiger partial charge in [0.2, 0.25) is 5.95 Å². The highest BCUT2D eigenvalue weighted by molar-refractivity contribution is 5.96. The van der Waals surface area contributed by atoms with Crippen LogP contribution in [0.2, 0.25) is 0 Å². The number of allylic oxidation sites excluding steroid dienone is 1. The van der Waals surface area contributed by atoms with Gasteiger partial charge in [-0.2, -0.15) is 0 Å². The largest absolute Gasteiger partial charge is 0.457 e. The maximum absolute atomic E-state index is 5.90. The van der Waals surface area contributed by atoms with Crippen LogP contribution in [0.3, 0.4) is 0 Å². The molecule has 0 saturated carbocycles. The van der Waals surface area contributed by atoms with Crippen molar-refractivity contribution in [3.8, 4) is 11.5 Å². The normalized spacial score (nSPS) is 11.1. The molecule has 0 aliphatic heterocycles. The van der Waals surface area contributed by atoms with E-state index >= 15 is 0 Å². The summed E-state index contributed by atoms with van der Waals surface area (Å²) in [6.07, 6.45) is 3.68. The lowest BCUT2D eigenvalue weighted by Crippen LogP contribution is -1.92. The predicted molar refractivity (Wildman–Crippen MR) is 117 cm³/mol. The van der Waals surface area contributed by atoms with E-state index in [9.17, 15) is 0 Å². The topological polar surface area (TPSA) is 78.6 Å². The molecule has 0 atom stereocenters. The number of fused-ring (bicyclic) bond motifs is 2. The molecule has 3 N–H and O–H groups in total. The molecule has 5 rings (SSSR count). The van der Waals surface area contributed by atoms with Gasteiger partial charge in [0, 0.05) is 24.0 Å². The van der Waals surface area contributed by atoms with Crippen LogP contribution in [-0.2, 0) is 0 Å². The van der Waals surface area contributed by atoms with E-state index in [4.69, 9.17) is 4.74 Å². The SMILES string of the molecule is C=C(C)c1ccnc2c(Nc3nc4cc(Oc5ccccc5)ccc4[nH]3)c[nH]c12. The van der Waals surface area contributed by atoms with Crippen LogP contribution in [0.1, 0.15) is 12.5 Å². The molecule has 3 heterocycles. The number of para-hydroxylation sites is 1. The minimum absolute atomic E-state index is 0.639. The lowest BCUT2D eigenvalue weighted by atomic mass is 10.1. The molecular weight excluding hydrogens is 362 g/mol. The van der Waals surface area contributed by atoms with Crippen LogP contribution in [0.5, 0.6) is 11.5 Å². The monoisotopic (exact) mass is 381 g/mol. The van der Waals surface area contributed by atoms with E-state index in [0.717, 1.165) is 50.4 Å². The molecule has 0 spiro atoms. The van der Waals surface area contributed by atoms with E-state index in [2.05, 4.69) is 31.8 Å². The summed E-state index contributed by atoms with van der Waals surface area (Å²) in [5.41, 5.74) is 6.43. The molecule has 0 radical (unpaired) electrons. The van der Waals surface area contributed by atoms with Crippen LogP contribution in [0, 0.1) is 0 Å². The molecule has 0 aliphatic rings. The number of H-pyrrole nitrogens is 2. The van der Waals surface area contributed by atoms with Gasteiger partial charge in [0.25, 0.3) is 0 Å². The zero-order valence-electron chi connectivity index (χ0n) is 15.9. The number of pyridine rings is 1. The Hall–Kier alpha value is -4.06. The van der Waals surface area contributed by atoms with Crippen molar-refractivity contribution in [3.63, 3.8) is 0 Å². The molecule has 0 fully saturated rings. The average molecular weight is 381 g/mol. The number of nitrogens with one attached hydrogen (secondary N) is 3. The van der Waals surface area contributed by atoms with Gasteiger partial charge in [-0.3, -0.25) is 4.98 Å². The van der Waals surface area contributed by atoms with Gasteiger partial charge in [0.1, 0.15) is 17.0 Å². The first-order valence-corrected chi connectivity index (χ1v) is 9.29. The molecule has 0 amide bonds. The maximum atomic E-state index is 5.90. The van der Waals surface area contributed by atoms with Gasteiger partial charge >= 0.3 is 0 Å². The highest BCUT2D eigenvalue weighted by atomic mass is 16.5. The van der Waals surface area contributed by atoms with Gasteiger partial charge in [0.05, 0.1) is 22.2 Å². The smallest absolute Gasteiger partial charge is 0.205 e. The number of rotatable bonds is 5. The summed E-state index contributed by atoms with van der Waals surface area (Å²) in [6.45, 7) is 6.02. The quantitative estimate of drug-likeness (QED) is 0.348. The Bertz CT molecular complexity index is 1330. The van der Waals surface area contributed by atoms with E-state index < -0.39 is 0 Å². The van der Waals surface area contributed by atoms with Crippen LogP contribution in [0.25, 0.3) is 27.6 Å². The number of hydrogen-bond donors (Lipinski definition) is 3. The van der Waals surface area contributed by atoms with Crippen molar-refractivity contribution >= 4 is 39.3 Å². The predicted octanol–water partition coefficient (Wildman–Crippen LogP) is 6.01. The Balaban J connectivity index is 1.45. The van der Waals surface area contributed by atoms with Crippen molar-refractivity contribution in [1.29, 1.82) is 0 Å². The zero-order chi connectivity index (χ0) is 19.8. The van der Waals surface area contributed by atoms with Crippen molar-refractivity contribution < 1.29 is 4.74 Å². The second-order valence-electron chi connectivity index (χ2n) is 6.87. The molecular formula is C23H19N5O. The molecule has 6 heteroatoms. The second-order valence-corrected chi connectivity index (χ2v) is 6.87. The van der Waals surface area contributed by atoms with Crippen molar-refractivity contribution in [2.75, 3.05) is 5.32 Å². The fourth-order valence-corrected chi connectivity index (χ4v) is 3.34. The van der Waals surface area contributed by atoms with Crippen molar-refractivity contribution in [2.45, 2.75) is 6.92 Å². The Morgan fingerprint density at radius 1 is 1.07 bits per heavy atom. The van der Waals surface area contributed by atoms with Gasteiger partial charge in [0.15, 0.2) is 0 Å². The van der Waals surface area contributed by atoms with E-state index in [1.54, 1.807) is 6.20 Å². The number of nitrogens with zero attached hydrogens (tertiary/aromatic N) is 2. The third-order valence-corrected chi connectivity index (χ3v) is 4.71. The molecule has 0 aliphatic carbocycles. The summed E-state index contributed by atoms with van der Waals surface area (Å²) in [4.78, 5) is 15.7. The summed E-state index contributed by atoms with van der Waals surface area (Å²) in [7, 11) is 0. The highest BCUT2D eigenvalue weighted by Crippen LogP contribution is 2.30. The minimum Gasteiger partial charge on any atom is -0.457 e. The van der Waals surface area contributed by atoms with Crippen LogP contribution in [0.15, 0.2) is 73.6 Å². The summed E-state index contributed by atoms with van der Waals surface area (Å²) < 4.78 is 5.90. The van der Waals surface area contributed by atoms with Crippen LogP contribution in [-0.4, -0.2) is 19.9 Å². The third kappa shape index (κ3) is 3.21. The molecule has 0 saturated heterocycles. The van der Waals surface area contributed by atoms with Gasteiger partial charge in [-0.25, -0.2) is 4.98 Å². The van der Waals surface area contributed by atoms with Crippen molar-refractivity contribution in [3.05, 3.63) is 79.1 Å². The molecule has 2 aromatic carbocycles. The number of aromatic nitrogens is 4. The average Bonchev–Trinajstić information content (AvgIpc) is 3.32. The standard InChI is InChI=1S/C23H19N5O/c1-14(2)17-10-11-24-22-20(13-25-21(17)22)28-23-26-18-9-8-16(12-19(18)27-23)29-15-6-4-3-5-7-15/h3-13,25H,1H2,2H3,(H2,26,27,28). The van der Waals surface area contributed by atoms with Crippen LogP contribution in [0.4, 0.5) is 11.6 Å². The molecule has 29 heavy (non-hydrogen) atoms. The van der Waals surface area contributed by atoms with Crippen molar-refractivity contribution in [2.24, 2.45) is 0 Å². The van der Waals surface area contributed by atoms with E-state index in [1.807, 2.05) is 67.7 Å². The molecule has 0 unspecified atom stereocenters. The molecule has 142 valence electrons. The van der Waals surface area contributed by atoms with Gasteiger partial charge in [-0.05, 0) is 42.8 Å². The molecule has 0 bridgehead atoms. The number of anilines is 2. The zero-order valence-corrected chi connectivity index (χ0v) is 15.9. The number of aromatic amines is 2. The maximum Gasteiger partial charge on any atom is 0.205 e. The summed E-state index contributed by atoms with van der Waals surface area (Å²) in [6, 6.07) is 17.4. The lowest BCUT2D eigenvalue weighted by molar-refractivity contribution is 0.483. The fourth-order valence-electron chi connectivity index (χ4n) is 3.34. The summed E-state index contributed by atoms with van der Waals surface area (Å²) >= 11 is 0. The Morgan fingerprint density at radius 3 is 2.76 bits per heavy atom. The Labute approximate surface area is 167 Å². The Kier molecular flexibility index (Phi) is 4.02. The first-order valence-electron chi connectivity index (χ1n) is 9.29. The van der Waals surface area contributed by atoms with E-state index in [-0.39, 0.29) is 0 Å². The highest BCUT2D eigenvalue weighted by Gasteiger charge is 2.12. The number of imidazole rings is 1. The second kappa shape index (κ2) is 6.83. The van der Waals surface area contributed by atoms with Crippen LogP contribution >= 0.6 is 0 Å². The number of benzene rings is 2. The number of hydrogen-bond acceptors (Lipinski definition) is 4. The third-order valence-electron chi connectivity index (χ3n) is 4.71. The lowest BCUT2D eigenvalue weighted by Gasteiger charge is -2.04. The fraction of sp³-hybridized carbons (Fsp3) is 0.0435. The molecule has 3 aromatic heterocycles. The van der Waals surface area contributed by atoms with Crippen LogP contribution < -0.4 is 10.1 Å². The Morgan fingerprint density at radius 2 is 1.93 bits per heavy atom. The van der Waals surface area contributed by atoms with Gasteiger partial charge < -0.3 is 20.0 Å². The van der Waals surface area contributed by atoms with E-state index in [1.165, 1.54) is 0 Å². The van der Waals surface area contributed by atoms with Gasteiger partial charge in [-0.1, -0.05) is 24.8 Å². The first kappa shape index (κ1) is 17.1.